The van der Waals surface area contributed by atoms with Gasteiger partial charge in [0.1, 0.15) is 0 Å². The normalized spacial score (nSPS) is 32.5. The van der Waals surface area contributed by atoms with E-state index in [2.05, 4.69) is 16.0 Å². The first-order valence-electron chi connectivity index (χ1n) is 6.08. The first-order valence-corrected chi connectivity index (χ1v) is 6.08. The summed E-state index contributed by atoms with van der Waals surface area (Å²) in [5.74, 6) is 0. The van der Waals surface area contributed by atoms with Crippen molar-refractivity contribution in [2.75, 3.05) is 26.2 Å². The molecule has 6 heteroatoms. The Morgan fingerprint density at radius 3 is 2.50 bits per heavy atom. The van der Waals surface area contributed by atoms with Gasteiger partial charge in [-0.3, -0.25) is 10.1 Å². The van der Waals surface area contributed by atoms with E-state index in [0.717, 1.165) is 38.9 Å². The summed E-state index contributed by atoms with van der Waals surface area (Å²) < 4.78 is 0. The highest BCUT2D eigenvalue weighted by molar-refractivity contribution is 4.87. The molecule has 2 aliphatic rings. The lowest BCUT2D eigenvalue weighted by atomic mass is 9.98. The summed E-state index contributed by atoms with van der Waals surface area (Å²) >= 11 is 0. The van der Waals surface area contributed by atoms with Gasteiger partial charge in [0.15, 0.2) is 0 Å². The summed E-state index contributed by atoms with van der Waals surface area (Å²) in [6.07, 6.45) is 3.01. The Balaban J connectivity index is 1.87. The van der Waals surface area contributed by atoms with E-state index in [1.54, 1.807) is 0 Å². The molecule has 2 heterocycles. The topological polar surface area (TPSA) is 79.2 Å². The van der Waals surface area contributed by atoms with Crippen LogP contribution in [0.5, 0.6) is 0 Å². The third-order valence-electron chi connectivity index (χ3n) is 3.51. The van der Waals surface area contributed by atoms with Gasteiger partial charge in [-0.05, 0) is 38.9 Å². The number of rotatable bonds is 3. The van der Waals surface area contributed by atoms with E-state index in [4.69, 9.17) is 0 Å². The SMILES string of the molecule is O=[N+]([O-])C1CNCCC1NC1CCNCC1. The molecule has 0 bridgehead atoms. The van der Waals surface area contributed by atoms with Crippen molar-refractivity contribution in [2.45, 2.75) is 37.4 Å². The lowest BCUT2D eigenvalue weighted by molar-refractivity contribution is -0.526. The largest absolute Gasteiger partial charge is 0.317 e. The smallest absolute Gasteiger partial charge is 0.240 e. The first kappa shape index (κ1) is 11.8. The second-order valence-electron chi connectivity index (χ2n) is 4.64. The van der Waals surface area contributed by atoms with Crippen LogP contribution in [0.4, 0.5) is 0 Å². The van der Waals surface area contributed by atoms with E-state index in [1.165, 1.54) is 0 Å². The zero-order valence-electron chi connectivity index (χ0n) is 9.45. The molecule has 16 heavy (non-hydrogen) atoms. The molecule has 92 valence electrons. The minimum Gasteiger partial charge on any atom is -0.317 e. The highest BCUT2D eigenvalue weighted by atomic mass is 16.6. The fourth-order valence-corrected chi connectivity index (χ4v) is 2.55. The van der Waals surface area contributed by atoms with Crippen LogP contribution in [0, 0.1) is 10.1 Å². The second-order valence-corrected chi connectivity index (χ2v) is 4.64. The average Bonchev–Trinajstić information content (AvgIpc) is 2.31. The Hall–Kier alpha value is -0.720. The highest BCUT2D eigenvalue weighted by Crippen LogP contribution is 2.11. The molecule has 3 N–H and O–H groups in total. The Morgan fingerprint density at radius 2 is 1.81 bits per heavy atom. The zero-order valence-corrected chi connectivity index (χ0v) is 9.45. The van der Waals surface area contributed by atoms with Gasteiger partial charge in [-0.2, -0.15) is 0 Å². The molecule has 2 fully saturated rings. The van der Waals surface area contributed by atoms with E-state index in [9.17, 15) is 10.1 Å². The lowest BCUT2D eigenvalue weighted by Crippen LogP contribution is -2.57. The van der Waals surface area contributed by atoms with Crippen molar-refractivity contribution in [3.63, 3.8) is 0 Å². The number of nitrogens with one attached hydrogen (secondary N) is 3. The van der Waals surface area contributed by atoms with Crippen molar-refractivity contribution >= 4 is 0 Å². The minimum atomic E-state index is -0.469. The average molecular weight is 228 g/mol. The summed E-state index contributed by atoms with van der Waals surface area (Å²) in [7, 11) is 0. The standard InChI is InChI=1S/C10H20N4O2/c15-14(16)10-7-12-6-3-9(10)13-8-1-4-11-5-2-8/h8-13H,1-7H2. The van der Waals surface area contributed by atoms with Crippen LogP contribution in [-0.2, 0) is 0 Å². The van der Waals surface area contributed by atoms with Gasteiger partial charge in [0.05, 0.1) is 12.6 Å². The lowest BCUT2D eigenvalue weighted by Gasteiger charge is -2.32. The Labute approximate surface area is 95.3 Å². The van der Waals surface area contributed by atoms with Gasteiger partial charge in [-0.25, -0.2) is 0 Å². The molecule has 2 saturated heterocycles. The number of hydrogen-bond donors (Lipinski definition) is 3. The molecule has 0 saturated carbocycles. The minimum absolute atomic E-state index is 0.0411. The molecular formula is C10H20N4O2. The molecule has 0 aromatic rings. The third kappa shape index (κ3) is 2.90. The summed E-state index contributed by atoms with van der Waals surface area (Å²) in [6, 6.07) is 0.0229. The van der Waals surface area contributed by atoms with Crippen LogP contribution >= 0.6 is 0 Å². The summed E-state index contributed by atoms with van der Waals surface area (Å²) in [6.45, 7) is 3.42. The highest BCUT2D eigenvalue weighted by Gasteiger charge is 2.35. The summed E-state index contributed by atoms with van der Waals surface area (Å²) in [4.78, 5) is 10.8. The molecule has 2 aliphatic heterocycles. The van der Waals surface area contributed by atoms with Crippen molar-refractivity contribution in [3.8, 4) is 0 Å². The third-order valence-corrected chi connectivity index (χ3v) is 3.51. The maximum Gasteiger partial charge on any atom is 0.240 e. The number of piperidine rings is 2. The van der Waals surface area contributed by atoms with Crippen LogP contribution < -0.4 is 16.0 Å². The van der Waals surface area contributed by atoms with Gasteiger partial charge in [0.2, 0.25) is 6.04 Å². The van der Waals surface area contributed by atoms with Crippen molar-refractivity contribution in [1.29, 1.82) is 0 Å². The van der Waals surface area contributed by atoms with Crippen LogP contribution in [0.1, 0.15) is 19.3 Å². The van der Waals surface area contributed by atoms with E-state index < -0.39 is 6.04 Å². The fraction of sp³-hybridized carbons (Fsp3) is 1.00. The van der Waals surface area contributed by atoms with Crippen molar-refractivity contribution < 1.29 is 4.92 Å². The van der Waals surface area contributed by atoms with Crippen LogP contribution in [0.25, 0.3) is 0 Å². The zero-order chi connectivity index (χ0) is 11.4. The van der Waals surface area contributed by atoms with Gasteiger partial charge in [0, 0.05) is 11.0 Å². The van der Waals surface area contributed by atoms with Crippen LogP contribution in [0.3, 0.4) is 0 Å². The van der Waals surface area contributed by atoms with Gasteiger partial charge in [-0.1, -0.05) is 0 Å². The quantitative estimate of drug-likeness (QED) is 0.441. The number of nitrogens with zero attached hydrogens (tertiary/aromatic N) is 1. The molecule has 6 nitrogen and oxygen atoms in total. The molecule has 0 aromatic heterocycles. The van der Waals surface area contributed by atoms with Crippen molar-refractivity contribution in [2.24, 2.45) is 0 Å². The van der Waals surface area contributed by atoms with Gasteiger partial charge in [0.25, 0.3) is 0 Å². The Morgan fingerprint density at radius 1 is 1.12 bits per heavy atom. The van der Waals surface area contributed by atoms with E-state index >= 15 is 0 Å². The van der Waals surface area contributed by atoms with Crippen LogP contribution in [0.2, 0.25) is 0 Å². The van der Waals surface area contributed by atoms with Gasteiger partial charge >= 0.3 is 0 Å². The van der Waals surface area contributed by atoms with Gasteiger partial charge in [-0.15, -0.1) is 0 Å². The summed E-state index contributed by atoms with van der Waals surface area (Å²) in [5.41, 5.74) is 0. The van der Waals surface area contributed by atoms with Crippen LogP contribution in [-0.4, -0.2) is 49.2 Å². The predicted octanol–water partition coefficient (Wildman–Crippen LogP) is -0.665. The number of nitro groups is 1. The van der Waals surface area contributed by atoms with Crippen LogP contribution in [0.15, 0.2) is 0 Å². The molecule has 0 spiro atoms. The van der Waals surface area contributed by atoms with Crippen molar-refractivity contribution in [3.05, 3.63) is 10.1 Å². The van der Waals surface area contributed by atoms with E-state index in [1.807, 2.05) is 0 Å². The Bertz CT molecular complexity index is 243. The van der Waals surface area contributed by atoms with E-state index in [-0.39, 0.29) is 11.0 Å². The second kappa shape index (κ2) is 5.56. The predicted molar refractivity (Wildman–Crippen MR) is 61.1 cm³/mol. The number of hydrogen-bond acceptors (Lipinski definition) is 5. The Kier molecular flexibility index (Phi) is 4.09. The monoisotopic (exact) mass is 228 g/mol. The molecule has 0 radical (unpaired) electrons. The molecule has 2 atom stereocenters. The van der Waals surface area contributed by atoms with Gasteiger partial charge < -0.3 is 16.0 Å². The maximum atomic E-state index is 10.9. The molecule has 0 aromatic carbocycles. The molecule has 0 aliphatic carbocycles. The first-order chi connectivity index (χ1) is 7.77. The molecule has 0 amide bonds. The molecular weight excluding hydrogens is 208 g/mol. The fourth-order valence-electron chi connectivity index (χ4n) is 2.55. The summed E-state index contributed by atoms with van der Waals surface area (Å²) in [5, 5.41) is 20.8. The maximum absolute atomic E-state index is 10.9. The van der Waals surface area contributed by atoms with Crippen molar-refractivity contribution in [1.82, 2.24) is 16.0 Å². The van der Waals surface area contributed by atoms with E-state index in [0.29, 0.717) is 12.6 Å². The molecule has 2 rings (SSSR count). The molecule has 2 unspecified atom stereocenters.